The van der Waals surface area contributed by atoms with Gasteiger partial charge < -0.3 is 10.3 Å². The van der Waals surface area contributed by atoms with Gasteiger partial charge in [-0.1, -0.05) is 24.3 Å². The molecule has 0 bridgehead atoms. The summed E-state index contributed by atoms with van der Waals surface area (Å²) in [5, 5.41) is 2.65. The lowest BCUT2D eigenvalue weighted by Crippen LogP contribution is -2.37. The van der Waals surface area contributed by atoms with Crippen molar-refractivity contribution in [3.63, 3.8) is 0 Å². The van der Waals surface area contributed by atoms with E-state index < -0.39 is 15.9 Å². The van der Waals surface area contributed by atoms with Crippen molar-refractivity contribution in [3.8, 4) is 0 Å². The Balaban J connectivity index is 1.58. The predicted molar refractivity (Wildman–Crippen MR) is 99.0 cm³/mol. The number of nitrogens with one attached hydrogen (secondary N) is 3. The second-order valence-electron chi connectivity index (χ2n) is 6.07. The van der Waals surface area contributed by atoms with Crippen molar-refractivity contribution in [3.05, 3.63) is 59.4 Å². The van der Waals surface area contributed by atoms with Gasteiger partial charge in [0.25, 0.3) is 0 Å². The van der Waals surface area contributed by atoms with E-state index in [1.165, 1.54) is 0 Å². The lowest BCUT2D eigenvalue weighted by Gasteiger charge is -2.10. The maximum absolute atomic E-state index is 12.4. The number of aryl methyl sites for hydroxylation is 2. The second-order valence-corrected chi connectivity index (χ2v) is 7.81. The van der Waals surface area contributed by atoms with Gasteiger partial charge in [0.2, 0.25) is 15.9 Å². The van der Waals surface area contributed by atoms with Crippen molar-refractivity contribution in [2.24, 2.45) is 0 Å². The molecule has 0 saturated carbocycles. The molecule has 26 heavy (non-hydrogen) atoms. The fraction of sp³-hybridized carbons (Fsp3) is 0.222. The predicted octanol–water partition coefficient (Wildman–Crippen LogP) is 1.77. The standard InChI is InChI=1S/C18H20N4O3S/c1-12-7-8-13(2)16(9-12)26(24,25)20-11-18(23)19-10-17-21-14-5-3-4-6-15(14)22-17/h3-9,20H,10-11H2,1-2H3,(H,19,23)(H,21,22). The molecule has 0 saturated heterocycles. The second kappa shape index (κ2) is 7.27. The first-order valence-corrected chi connectivity index (χ1v) is 9.61. The van der Waals surface area contributed by atoms with E-state index in [2.05, 4.69) is 20.0 Å². The number of aromatic nitrogens is 2. The molecular formula is C18H20N4O3S. The summed E-state index contributed by atoms with van der Waals surface area (Å²) < 4.78 is 27.1. The highest BCUT2D eigenvalue weighted by molar-refractivity contribution is 7.89. The van der Waals surface area contributed by atoms with Crippen LogP contribution in [-0.4, -0.2) is 30.8 Å². The van der Waals surface area contributed by atoms with Crippen LogP contribution in [0, 0.1) is 13.8 Å². The fourth-order valence-electron chi connectivity index (χ4n) is 2.57. The number of benzene rings is 2. The van der Waals surface area contributed by atoms with Crippen LogP contribution in [0.2, 0.25) is 0 Å². The van der Waals surface area contributed by atoms with Crippen LogP contribution in [0.15, 0.2) is 47.4 Å². The molecule has 3 rings (SSSR count). The van der Waals surface area contributed by atoms with Crippen molar-refractivity contribution in [2.75, 3.05) is 6.54 Å². The first-order chi connectivity index (χ1) is 12.3. The zero-order chi connectivity index (χ0) is 18.7. The van der Waals surface area contributed by atoms with Gasteiger partial charge in [-0.05, 0) is 43.2 Å². The number of sulfonamides is 1. The molecule has 3 N–H and O–H groups in total. The number of fused-ring (bicyclic) bond motifs is 1. The third-order valence-electron chi connectivity index (χ3n) is 3.95. The van der Waals surface area contributed by atoms with E-state index >= 15 is 0 Å². The molecule has 0 atom stereocenters. The third-order valence-corrected chi connectivity index (χ3v) is 5.49. The topological polar surface area (TPSA) is 104 Å². The van der Waals surface area contributed by atoms with E-state index in [0.717, 1.165) is 16.6 Å². The Morgan fingerprint density at radius 2 is 1.92 bits per heavy atom. The number of H-pyrrole nitrogens is 1. The number of carbonyl (C=O) groups is 1. The summed E-state index contributed by atoms with van der Waals surface area (Å²) in [6.45, 7) is 3.39. The van der Waals surface area contributed by atoms with Gasteiger partial charge in [0.1, 0.15) is 5.82 Å². The van der Waals surface area contributed by atoms with Crippen molar-refractivity contribution >= 4 is 27.0 Å². The molecule has 0 fully saturated rings. The quantitative estimate of drug-likeness (QED) is 0.613. The van der Waals surface area contributed by atoms with Crippen LogP contribution in [0.3, 0.4) is 0 Å². The molecule has 0 unspecified atom stereocenters. The monoisotopic (exact) mass is 372 g/mol. The largest absolute Gasteiger partial charge is 0.348 e. The van der Waals surface area contributed by atoms with Crippen LogP contribution in [0.5, 0.6) is 0 Å². The summed E-state index contributed by atoms with van der Waals surface area (Å²) >= 11 is 0. The number of carbonyl (C=O) groups excluding carboxylic acids is 1. The zero-order valence-electron chi connectivity index (χ0n) is 14.5. The van der Waals surface area contributed by atoms with E-state index in [9.17, 15) is 13.2 Å². The average molecular weight is 372 g/mol. The Hall–Kier alpha value is -2.71. The van der Waals surface area contributed by atoms with E-state index in [1.54, 1.807) is 19.1 Å². The number of amides is 1. The molecule has 0 radical (unpaired) electrons. The van der Waals surface area contributed by atoms with Crippen molar-refractivity contribution in [1.82, 2.24) is 20.0 Å². The lowest BCUT2D eigenvalue weighted by molar-refractivity contribution is -0.120. The van der Waals surface area contributed by atoms with Gasteiger partial charge in [-0.25, -0.2) is 18.1 Å². The highest BCUT2D eigenvalue weighted by Crippen LogP contribution is 2.16. The average Bonchev–Trinajstić information content (AvgIpc) is 3.03. The van der Waals surface area contributed by atoms with Gasteiger partial charge in [-0.15, -0.1) is 0 Å². The molecule has 8 heteroatoms. The Labute approximate surface area is 151 Å². The van der Waals surface area contributed by atoms with E-state index in [-0.39, 0.29) is 18.0 Å². The van der Waals surface area contributed by atoms with Crippen LogP contribution < -0.4 is 10.0 Å². The molecule has 1 aromatic heterocycles. The summed E-state index contributed by atoms with van der Waals surface area (Å²) in [5.41, 5.74) is 3.16. The number of aromatic amines is 1. The normalized spacial score (nSPS) is 11.6. The number of imidazole rings is 1. The van der Waals surface area contributed by atoms with Crippen molar-refractivity contribution in [1.29, 1.82) is 0 Å². The molecule has 0 aliphatic carbocycles. The van der Waals surface area contributed by atoms with E-state index in [4.69, 9.17) is 0 Å². The number of para-hydroxylation sites is 2. The number of hydrogen-bond donors (Lipinski definition) is 3. The Kier molecular flexibility index (Phi) is 5.06. The first kappa shape index (κ1) is 18.1. The Morgan fingerprint density at radius 3 is 2.69 bits per heavy atom. The molecule has 0 spiro atoms. The molecule has 7 nitrogen and oxygen atoms in total. The van der Waals surface area contributed by atoms with Gasteiger partial charge in [-0.3, -0.25) is 4.79 Å². The van der Waals surface area contributed by atoms with Gasteiger partial charge >= 0.3 is 0 Å². The van der Waals surface area contributed by atoms with Crippen LogP contribution >= 0.6 is 0 Å². The van der Waals surface area contributed by atoms with Crippen LogP contribution in [-0.2, 0) is 21.4 Å². The first-order valence-electron chi connectivity index (χ1n) is 8.12. The summed E-state index contributed by atoms with van der Waals surface area (Å²) in [6, 6.07) is 12.7. The minimum absolute atomic E-state index is 0.183. The molecule has 1 amide bonds. The minimum atomic E-state index is -3.75. The molecule has 0 aliphatic rings. The van der Waals surface area contributed by atoms with Crippen LogP contribution in [0.4, 0.5) is 0 Å². The van der Waals surface area contributed by atoms with Crippen molar-refractivity contribution < 1.29 is 13.2 Å². The van der Waals surface area contributed by atoms with Gasteiger partial charge in [0, 0.05) is 0 Å². The minimum Gasteiger partial charge on any atom is -0.348 e. The lowest BCUT2D eigenvalue weighted by atomic mass is 10.2. The van der Waals surface area contributed by atoms with E-state index in [1.807, 2.05) is 37.3 Å². The molecule has 2 aromatic carbocycles. The summed E-state index contributed by atoms with van der Waals surface area (Å²) in [5.74, 6) is 0.177. The number of rotatable bonds is 6. The molecular weight excluding hydrogens is 352 g/mol. The number of hydrogen-bond acceptors (Lipinski definition) is 4. The van der Waals surface area contributed by atoms with Gasteiger partial charge in [-0.2, -0.15) is 0 Å². The summed E-state index contributed by atoms with van der Waals surface area (Å²) in [7, 11) is -3.75. The highest BCUT2D eigenvalue weighted by Gasteiger charge is 2.18. The Bertz CT molecular complexity index is 1020. The SMILES string of the molecule is Cc1ccc(C)c(S(=O)(=O)NCC(=O)NCc2nc3ccccc3[nH]2)c1. The zero-order valence-corrected chi connectivity index (χ0v) is 15.4. The summed E-state index contributed by atoms with van der Waals surface area (Å²) in [6.07, 6.45) is 0. The third kappa shape index (κ3) is 4.09. The molecule has 0 aliphatic heterocycles. The highest BCUT2D eigenvalue weighted by atomic mass is 32.2. The van der Waals surface area contributed by atoms with Crippen LogP contribution in [0.25, 0.3) is 11.0 Å². The summed E-state index contributed by atoms with van der Waals surface area (Å²) in [4.78, 5) is 19.6. The Morgan fingerprint density at radius 1 is 1.15 bits per heavy atom. The molecule has 136 valence electrons. The van der Waals surface area contributed by atoms with Crippen molar-refractivity contribution in [2.45, 2.75) is 25.3 Å². The van der Waals surface area contributed by atoms with Gasteiger partial charge in [0.15, 0.2) is 0 Å². The number of nitrogens with zero attached hydrogens (tertiary/aromatic N) is 1. The molecule has 1 heterocycles. The maximum atomic E-state index is 12.4. The smallest absolute Gasteiger partial charge is 0.241 e. The fourth-order valence-corrected chi connectivity index (χ4v) is 3.88. The molecule has 3 aromatic rings. The van der Waals surface area contributed by atoms with Crippen LogP contribution in [0.1, 0.15) is 17.0 Å². The van der Waals surface area contributed by atoms with E-state index in [0.29, 0.717) is 11.4 Å². The maximum Gasteiger partial charge on any atom is 0.241 e. The van der Waals surface area contributed by atoms with Gasteiger partial charge in [0.05, 0.1) is 29.0 Å².